The Morgan fingerprint density at radius 1 is 1.35 bits per heavy atom. The van der Waals surface area contributed by atoms with Crippen molar-refractivity contribution in [1.82, 2.24) is 9.71 Å². The molecule has 0 radical (unpaired) electrons. The Bertz CT molecular complexity index is 732. The highest BCUT2D eigenvalue weighted by molar-refractivity contribution is 7.89. The maximum absolute atomic E-state index is 12.2. The van der Waals surface area contributed by atoms with Crippen molar-refractivity contribution in [2.24, 2.45) is 0 Å². The summed E-state index contributed by atoms with van der Waals surface area (Å²) >= 11 is 5.81. The highest BCUT2D eigenvalue weighted by atomic mass is 35.5. The van der Waals surface area contributed by atoms with Crippen LogP contribution in [0.5, 0.6) is 0 Å². The van der Waals surface area contributed by atoms with E-state index in [1.165, 1.54) is 12.1 Å². The summed E-state index contributed by atoms with van der Waals surface area (Å²) in [6.45, 7) is 1.96. The van der Waals surface area contributed by atoms with E-state index in [4.69, 9.17) is 17.3 Å². The minimum Gasteiger partial charge on any atom is -0.398 e. The van der Waals surface area contributed by atoms with E-state index in [1.807, 2.05) is 13.0 Å². The summed E-state index contributed by atoms with van der Waals surface area (Å²) in [7, 11) is -3.73. The lowest BCUT2D eigenvalue weighted by Gasteiger charge is -2.10. The van der Waals surface area contributed by atoms with Crippen molar-refractivity contribution in [2.45, 2.75) is 18.4 Å². The maximum Gasteiger partial charge on any atom is 0.243 e. The molecule has 0 spiro atoms. The smallest absolute Gasteiger partial charge is 0.243 e. The Hall–Kier alpha value is -1.63. The molecule has 0 bridgehead atoms. The second-order valence-corrected chi connectivity index (χ2v) is 6.45. The van der Waals surface area contributed by atoms with Crippen molar-refractivity contribution in [3.63, 3.8) is 0 Å². The number of anilines is 1. The Balaban J connectivity index is 2.24. The van der Waals surface area contributed by atoms with E-state index in [-0.39, 0.29) is 17.1 Å². The van der Waals surface area contributed by atoms with Crippen molar-refractivity contribution >= 4 is 27.3 Å². The van der Waals surface area contributed by atoms with E-state index in [0.717, 1.165) is 5.56 Å². The fraction of sp³-hybridized carbons (Fsp3) is 0.154. The fourth-order valence-corrected chi connectivity index (χ4v) is 3.06. The highest BCUT2D eigenvalue weighted by Gasteiger charge is 2.18. The molecule has 3 N–H and O–H groups in total. The molecule has 1 aromatic carbocycles. The number of nitrogens with one attached hydrogen (secondary N) is 1. The Morgan fingerprint density at radius 2 is 2.10 bits per heavy atom. The topological polar surface area (TPSA) is 85.1 Å². The summed E-state index contributed by atoms with van der Waals surface area (Å²) in [6, 6.07) is 7.99. The van der Waals surface area contributed by atoms with Gasteiger partial charge >= 0.3 is 0 Å². The third kappa shape index (κ3) is 3.27. The first-order valence-electron chi connectivity index (χ1n) is 5.85. The number of halogens is 1. The number of benzene rings is 1. The van der Waals surface area contributed by atoms with Crippen LogP contribution >= 0.6 is 11.6 Å². The van der Waals surface area contributed by atoms with E-state index in [9.17, 15) is 8.42 Å². The zero-order valence-electron chi connectivity index (χ0n) is 10.8. The maximum atomic E-state index is 12.2. The van der Waals surface area contributed by atoms with Gasteiger partial charge in [0.1, 0.15) is 4.90 Å². The molecular formula is C13H14ClN3O2S. The number of sulfonamides is 1. The van der Waals surface area contributed by atoms with Crippen LogP contribution in [0.2, 0.25) is 5.02 Å². The number of pyridine rings is 1. The van der Waals surface area contributed by atoms with Crippen molar-refractivity contribution in [3.05, 3.63) is 52.8 Å². The summed E-state index contributed by atoms with van der Waals surface area (Å²) in [4.78, 5) is 4.10. The van der Waals surface area contributed by atoms with Gasteiger partial charge in [0.15, 0.2) is 0 Å². The third-order valence-electron chi connectivity index (χ3n) is 2.81. The molecule has 0 saturated heterocycles. The number of hydrogen-bond donors (Lipinski definition) is 2. The molecule has 0 aliphatic rings. The fourth-order valence-electron chi connectivity index (χ4n) is 1.69. The SMILES string of the molecule is Cc1cccnc1CNS(=O)(=O)c1cc(Cl)ccc1N. The van der Waals surface area contributed by atoms with Gasteiger partial charge in [-0.2, -0.15) is 0 Å². The molecule has 0 aliphatic carbocycles. The normalized spacial score (nSPS) is 11.5. The average Bonchev–Trinajstić information content (AvgIpc) is 2.40. The van der Waals surface area contributed by atoms with Crippen LogP contribution in [0.25, 0.3) is 0 Å². The molecule has 0 unspecified atom stereocenters. The number of nitrogens with zero attached hydrogens (tertiary/aromatic N) is 1. The van der Waals surface area contributed by atoms with E-state index in [2.05, 4.69) is 9.71 Å². The summed E-state index contributed by atoms with van der Waals surface area (Å²) in [5.41, 5.74) is 7.41. The molecule has 0 saturated carbocycles. The quantitative estimate of drug-likeness (QED) is 0.847. The van der Waals surface area contributed by atoms with Gasteiger partial charge < -0.3 is 5.73 Å². The Labute approximate surface area is 122 Å². The second kappa shape index (κ2) is 5.78. The van der Waals surface area contributed by atoms with Gasteiger partial charge in [0.2, 0.25) is 10.0 Å². The average molecular weight is 312 g/mol. The molecule has 2 aromatic rings. The van der Waals surface area contributed by atoms with Crippen LogP contribution in [0.1, 0.15) is 11.3 Å². The molecule has 5 nitrogen and oxygen atoms in total. The number of rotatable bonds is 4. The van der Waals surface area contributed by atoms with E-state index in [0.29, 0.717) is 10.7 Å². The first-order chi connectivity index (χ1) is 9.40. The van der Waals surface area contributed by atoms with Crippen LogP contribution in [0.3, 0.4) is 0 Å². The van der Waals surface area contributed by atoms with Crippen LogP contribution in [-0.4, -0.2) is 13.4 Å². The standard InChI is InChI=1S/C13H14ClN3O2S/c1-9-3-2-6-16-12(9)8-17-20(18,19)13-7-10(14)4-5-11(13)15/h2-7,17H,8,15H2,1H3. The molecular weight excluding hydrogens is 298 g/mol. The first kappa shape index (κ1) is 14.8. The van der Waals surface area contributed by atoms with Crippen molar-refractivity contribution in [1.29, 1.82) is 0 Å². The Morgan fingerprint density at radius 3 is 2.80 bits per heavy atom. The molecule has 1 heterocycles. The minimum absolute atomic E-state index is 0.0291. The molecule has 7 heteroatoms. The van der Waals surface area contributed by atoms with Gasteiger partial charge in [-0.25, -0.2) is 13.1 Å². The van der Waals surface area contributed by atoms with Crippen molar-refractivity contribution in [3.8, 4) is 0 Å². The van der Waals surface area contributed by atoms with Crippen LogP contribution in [0, 0.1) is 6.92 Å². The third-order valence-corrected chi connectivity index (χ3v) is 4.50. The molecule has 0 atom stereocenters. The van der Waals surface area contributed by atoms with Crippen molar-refractivity contribution in [2.75, 3.05) is 5.73 Å². The van der Waals surface area contributed by atoms with Gasteiger partial charge in [-0.15, -0.1) is 0 Å². The molecule has 20 heavy (non-hydrogen) atoms. The zero-order chi connectivity index (χ0) is 14.8. The van der Waals surface area contributed by atoms with Gasteiger partial charge in [-0.3, -0.25) is 4.98 Å². The lowest BCUT2D eigenvalue weighted by atomic mass is 10.2. The lowest BCUT2D eigenvalue weighted by molar-refractivity contribution is 0.580. The number of nitrogens with two attached hydrogens (primary N) is 1. The van der Waals surface area contributed by atoms with Crippen molar-refractivity contribution < 1.29 is 8.42 Å². The molecule has 2 rings (SSSR count). The largest absolute Gasteiger partial charge is 0.398 e. The van der Waals surface area contributed by atoms with Gasteiger partial charge in [-0.1, -0.05) is 17.7 Å². The van der Waals surface area contributed by atoms with Crippen LogP contribution in [-0.2, 0) is 16.6 Å². The number of hydrogen-bond acceptors (Lipinski definition) is 4. The summed E-state index contributed by atoms with van der Waals surface area (Å²) < 4.78 is 26.9. The lowest BCUT2D eigenvalue weighted by Crippen LogP contribution is -2.25. The number of aromatic nitrogens is 1. The monoisotopic (exact) mass is 311 g/mol. The number of nitrogen functional groups attached to an aromatic ring is 1. The molecule has 0 aliphatic heterocycles. The van der Waals surface area contributed by atoms with Gasteiger partial charge in [0.05, 0.1) is 17.9 Å². The van der Waals surface area contributed by atoms with E-state index >= 15 is 0 Å². The summed E-state index contributed by atoms with van der Waals surface area (Å²) in [6.07, 6.45) is 1.62. The summed E-state index contributed by atoms with van der Waals surface area (Å²) in [5, 5.41) is 0.314. The zero-order valence-corrected chi connectivity index (χ0v) is 12.4. The second-order valence-electron chi connectivity index (χ2n) is 4.27. The van der Waals surface area contributed by atoms with Gasteiger partial charge in [0.25, 0.3) is 0 Å². The van der Waals surface area contributed by atoms with Gasteiger partial charge in [-0.05, 0) is 36.8 Å². The summed E-state index contributed by atoms with van der Waals surface area (Å²) in [5.74, 6) is 0. The molecule has 0 fully saturated rings. The predicted octanol–water partition coefficient (Wildman–Crippen LogP) is 2.10. The first-order valence-corrected chi connectivity index (χ1v) is 7.71. The van der Waals surface area contributed by atoms with E-state index in [1.54, 1.807) is 18.3 Å². The van der Waals surface area contributed by atoms with Crippen LogP contribution < -0.4 is 10.5 Å². The predicted molar refractivity (Wildman–Crippen MR) is 78.9 cm³/mol. The Kier molecular flexibility index (Phi) is 4.27. The molecule has 1 aromatic heterocycles. The van der Waals surface area contributed by atoms with Gasteiger partial charge in [0, 0.05) is 11.2 Å². The van der Waals surface area contributed by atoms with E-state index < -0.39 is 10.0 Å². The molecule has 0 amide bonds. The highest BCUT2D eigenvalue weighted by Crippen LogP contribution is 2.22. The minimum atomic E-state index is -3.73. The molecule has 106 valence electrons. The number of aryl methyl sites for hydroxylation is 1. The van der Waals surface area contributed by atoms with Crippen LogP contribution in [0.15, 0.2) is 41.4 Å². The van der Waals surface area contributed by atoms with Crippen LogP contribution in [0.4, 0.5) is 5.69 Å².